The third-order valence-electron chi connectivity index (χ3n) is 2.83. The van der Waals surface area contributed by atoms with Gasteiger partial charge in [-0.15, -0.1) is 24.8 Å². The smallest absolute Gasteiger partial charge is 0.0594 e. The number of halogens is 2. The van der Waals surface area contributed by atoms with Crippen molar-refractivity contribution in [3.63, 3.8) is 0 Å². The van der Waals surface area contributed by atoms with Crippen molar-refractivity contribution in [3.05, 3.63) is 0 Å². The van der Waals surface area contributed by atoms with Crippen molar-refractivity contribution in [2.24, 2.45) is 0 Å². The van der Waals surface area contributed by atoms with Gasteiger partial charge in [0, 0.05) is 25.7 Å². The zero-order valence-electron chi connectivity index (χ0n) is 8.41. The van der Waals surface area contributed by atoms with E-state index < -0.39 is 0 Å². The van der Waals surface area contributed by atoms with Crippen LogP contribution in [-0.4, -0.2) is 50.3 Å². The Labute approximate surface area is 98.4 Å². The third kappa shape index (κ3) is 3.91. The number of nitrogens with zero attached hydrogens (tertiary/aromatic N) is 1. The molecule has 2 fully saturated rings. The molecule has 2 aliphatic heterocycles. The molecule has 0 aromatic carbocycles. The van der Waals surface area contributed by atoms with Crippen LogP contribution in [0.5, 0.6) is 0 Å². The Morgan fingerprint density at radius 1 is 1.14 bits per heavy atom. The molecule has 0 amide bonds. The van der Waals surface area contributed by atoms with Crippen LogP contribution >= 0.6 is 24.8 Å². The second-order valence-electron chi connectivity index (χ2n) is 3.65. The van der Waals surface area contributed by atoms with Crippen LogP contribution in [0, 0.1) is 0 Å². The highest BCUT2D eigenvalue weighted by Crippen LogP contribution is 2.11. The maximum absolute atomic E-state index is 5.33. The molecule has 0 radical (unpaired) electrons. The van der Waals surface area contributed by atoms with Crippen LogP contribution in [0.3, 0.4) is 0 Å². The summed E-state index contributed by atoms with van der Waals surface area (Å²) >= 11 is 0. The molecule has 3 nitrogen and oxygen atoms in total. The first-order valence-electron chi connectivity index (χ1n) is 4.99. The van der Waals surface area contributed by atoms with Gasteiger partial charge in [-0.2, -0.15) is 0 Å². The molecular formula is C9H20Cl2N2O. The molecule has 2 heterocycles. The first kappa shape index (κ1) is 14.5. The van der Waals surface area contributed by atoms with Gasteiger partial charge >= 0.3 is 0 Å². The second kappa shape index (κ2) is 7.71. The summed E-state index contributed by atoms with van der Waals surface area (Å²) in [6, 6.07) is 0.780. The normalized spacial score (nSPS) is 28.7. The van der Waals surface area contributed by atoms with E-state index in [0.29, 0.717) is 0 Å². The fourth-order valence-electron chi connectivity index (χ4n) is 2.09. The lowest BCUT2D eigenvalue weighted by molar-refractivity contribution is 0.0116. The number of ether oxygens (including phenoxy) is 1. The lowest BCUT2D eigenvalue weighted by atomic mass is 10.1. The lowest BCUT2D eigenvalue weighted by Crippen LogP contribution is -2.50. The second-order valence-corrected chi connectivity index (χ2v) is 3.65. The molecule has 0 aliphatic carbocycles. The van der Waals surface area contributed by atoms with Gasteiger partial charge in [-0.3, -0.25) is 4.90 Å². The van der Waals surface area contributed by atoms with Gasteiger partial charge in [0.15, 0.2) is 0 Å². The maximum atomic E-state index is 5.33. The van der Waals surface area contributed by atoms with Crippen LogP contribution in [0.1, 0.15) is 12.8 Å². The van der Waals surface area contributed by atoms with Crippen LogP contribution < -0.4 is 5.32 Å². The summed E-state index contributed by atoms with van der Waals surface area (Å²) in [6.07, 6.45) is 2.70. The third-order valence-corrected chi connectivity index (χ3v) is 2.83. The molecule has 0 saturated carbocycles. The molecule has 0 spiro atoms. The minimum atomic E-state index is 0. The molecule has 86 valence electrons. The van der Waals surface area contributed by atoms with Crippen molar-refractivity contribution in [2.75, 3.05) is 39.4 Å². The van der Waals surface area contributed by atoms with Gasteiger partial charge in [-0.05, 0) is 19.4 Å². The Hall–Kier alpha value is 0.460. The molecular weight excluding hydrogens is 223 g/mol. The van der Waals surface area contributed by atoms with Crippen LogP contribution in [-0.2, 0) is 4.74 Å². The Morgan fingerprint density at radius 3 is 2.43 bits per heavy atom. The highest BCUT2D eigenvalue weighted by Gasteiger charge is 2.21. The van der Waals surface area contributed by atoms with E-state index in [2.05, 4.69) is 10.2 Å². The average Bonchev–Trinajstić information content (AvgIpc) is 2.21. The van der Waals surface area contributed by atoms with Gasteiger partial charge < -0.3 is 10.1 Å². The molecule has 2 saturated heterocycles. The molecule has 0 unspecified atom stereocenters. The summed E-state index contributed by atoms with van der Waals surface area (Å²) in [5.41, 5.74) is 0. The molecule has 0 aromatic rings. The van der Waals surface area contributed by atoms with Crippen molar-refractivity contribution in [1.29, 1.82) is 0 Å². The van der Waals surface area contributed by atoms with Crippen molar-refractivity contribution in [3.8, 4) is 0 Å². The molecule has 2 aliphatic rings. The first-order chi connectivity index (χ1) is 5.97. The van der Waals surface area contributed by atoms with Gasteiger partial charge in [-0.1, -0.05) is 0 Å². The number of hydrogen-bond donors (Lipinski definition) is 1. The number of hydrogen-bond acceptors (Lipinski definition) is 3. The van der Waals surface area contributed by atoms with Crippen LogP contribution in [0.25, 0.3) is 0 Å². The summed E-state index contributed by atoms with van der Waals surface area (Å²) in [5.74, 6) is 0. The maximum Gasteiger partial charge on any atom is 0.0594 e. The molecule has 1 N–H and O–H groups in total. The fraction of sp³-hybridized carbons (Fsp3) is 1.00. The van der Waals surface area contributed by atoms with E-state index in [4.69, 9.17) is 4.74 Å². The molecule has 0 aromatic heterocycles. The van der Waals surface area contributed by atoms with Crippen LogP contribution in [0.2, 0.25) is 0 Å². The van der Waals surface area contributed by atoms with Gasteiger partial charge in [0.1, 0.15) is 0 Å². The van der Waals surface area contributed by atoms with E-state index in [1.54, 1.807) is 0 Å². The Kier molecular flexibility index (Phi) is 7.97. The largest absolute Gasteiger partial charge is 0.379 e. The number of nitrogens with one attached hydrogen (secondary N) is 1. The molecule has 0 bridgehead atoms. The average molecular weight is 243 g/mol. The van der Waals surface area contributed by atoms with Crippen molar-refractivity contribution in [1.82, 2.24) is 10.2 Å². The number of piperidine rings is 1. The fourth-order valence-corrected chi connectivity index (χ4v) is 2.09. The predicted octanol–water partition coefficient (Wildman–Crippen LogP) is 0.914. The van der Waals surface area contributed by atoms with Crippen molar-refractivity contribution >= 4 is 24.8 Å². The van der Waals surface area contributed by atoms with E-state index in [1.165, 1.54) is 25.9 Å². The zero-order chi connectivity index (χ0) is 8.23. The summed E-state index contributed by atoms with van der Waals surface area (Å²) in [7, 11) is 0. The predicted molar refractivity (Wildman–Crippen MR) is 62.8 cm³/mol. The number of morpholine rings is 1. The van der Waals surface area contributed by atoms with E-state index in [1.807, 2.05) is 0 Å². The van der Waals surface area contributed by atoms with Crippen molar-refractivity contribution in [2.45, 2.75) is 18.9 Å². The Morgan fingerprint density at radius 2 is 1.86 bits per heavy atom. The molecule has 1 atom stereocenters. The van der Waals surface area contributed by atoms with E-state index >= 15 is 0 Å². The molecule has 5 heteroatoms. The summed E-state index contributed by atoms with van der Waals surface area (Å²) in [6.45, 7) is 6.51. The quantitative estimate of drug-likeness (QED) is 0.741. The van der Waals surface area contributed by atoms with Gasteiger partial charge in [-0.25, -0.2) is 0 Å². The Balaban J connectivity index is 0.000000845. The molecule has 14 heavy (non-hydrogen) atoms. The highest BCUT2D eigenvalue weighted by atomic mass is 35.5. The van der Waals surface area contributed by atoms with Gasteiger partial charge in [0.05, 0.1) is 13.2 Å². The topological polar surface area (TPSA) is 24.5 Å². The number of rotatable bonds is 1. The van der Waals surface area contributed by atoms with E-state index in [0.717, 1.165) is 32.3 Å². The molecule has 2 rings (SSSR count). The minimum Gasteiger partial charge on any atom is -0.379 e. The van der Waals surface area contributed by atoms with Crippen molar-refractivity contribution < 1.29 is 4.74 Å². The Bertz CT molecular complexity index is 121. The lowest BCUT2D eigenvalue weighted by Gasteiger charge is -2.36. The monoisotopic (exact) mass is 242 g/mol. The summed E-state index contributed by atoms with van der Waals surface area (Å²) < 4.78 is 5.33. The van der Waals surface area contributed by atoms with Gasteiger partial charge in [0.2, 0.25) is 0 Å². The van der Waals surface area contributed by atoms with E-state index in [-0.39, 0.29) is 24.8 Å². The summed E-state index contributed by atoms with van der Waals surface area (Å²) in [4.78, 5) is 2.57. The first-order valence-corrected chi connectivity index (χ1v) is 4.99. The van der Waals surface area contributed by atoms with Crippen LogP contribution in [0.15, 0.2) is 0 Å². The van der Waals surface area contributed by atoms with Crippen LogP contribution in [0.4, 0.5) is 0 Å². The van der Waals surface area contributed by atoms with Gasteiger partial charge in [0.25, 0.3) is 0 Å². The SMILES string of the molecule is C1CNC[C@@H](N2CCOCC2)C1.Cl.Cl. The standard InChI is InChI=1S/C9H18N2O.2ClH/c1-2-9(8-10-3-1)11-4-6-12-7-5-11;;/h9-10H,1-8H2;2*1H/t9-;;/m0../s1. The zero-order valence-corrected chi connectivity index (χ0v) is 10.0. The minimum absolute atomic E-state index is 0. The summed E-state index contributed by atoms with van der Waals surface area (Å²) in [5, 5.41) is 3.45. The highest BCUT2D eigenvalue weighted by molar-refractivity contribution is 5.85. The van der Waals surface area contributed by atoms with E-state index in [9.17, 15) is 0 Å².